The molecule has 2 N–H and O–H groups in total. The molecule has 0 aliphatic rings. The normalized spacial score (nSPS) is 11.4. The minimum Gasteiger partial charge on any atom is -0.506 e. The summed E-state index contributed by atoms with van der Waals surface area (Å²) < 4.78 is 0. The van der Waals surface area contributed by atoms with Crippen molar-refractivity contribution < 1.29 is 15.0 Å². The maximum Gasteiger partial charge on any atom is 0.188 e. The number of aliphatic hydroxyl groups excluding tert-OH is 1. The zero-order valence-electron chi connectivity index (χ0n) is 13.3. The molecule has 0 saturated heterocycles. The topological polar surface area (TPSA) is 57.5 Å². The fourth-order valence-corrected chi connectivity index (χ4v) is 2.28. The summed E-state index contributed by atoms with van der Waals surface area (Å²) in [6, 6.07) is 2.96. The number of rotatable bonds is 7. The van der Waals surface area contributed by atoms with Crippen LogP contribution in [0.15, 0.2) is 35.4 Å². The number of Topliss-reactive ketones (excluding diaryl/α,β-unsaturated/α-hetero) is 1. The van der Waals surface area contributed by atoms with Crippen molar-refractivity contribution >= 4 is 17.4 Å². The molecule has 3 nitrogen and oxygen atoms in total. The Morgan fingerprint density at radius 1 is 1.23 bits per heavy atom. The lowest BCUT2D eigenvalue weighted by molar-refractivity contribution is 0.0903. The van der Waals surface area contributed by atoms with E-state index in [0.29, 0.717) is 17.5 Å². The molecule has 0 unspecified atom stereocenters. The standard InChI is InChI=1S/C18H23ClO3/c1-12(2)5-4-6-13(3)7-8-14-9-15(17(21)11-20)10-16(19)18(14)22/h5,7,9-10,20,22H,4,6,8,11H2,1-3H3/b13-7+. The van der Waals surface area contributed by atoms with Crippen LogP contribution in [0, 0.1) is 0 Å². The first-order valence-electron chi connectivity index (χ1n) is 7.29. The van der Waals surface area contributed by atoms with Gasteiger partial charge in [-0.25, -0.2) is 0 Å². The number of phenols is 1. The highest BCUT2D eigenvalue weighted by Crippen LogP contribution is 2.30. The third-order valence-electron chi connectivity index (χ3n) is 3.37. The molecule has 0 aromatic heterocycles. The van der Waals surface area contributed by atoms with Gasteiger partial charge in [-0.05, 0) is 57.7 Å². The van der Waals surface area contributed by atoms with Gasteiger partial charge in [-0.2, -0.15) is 0 Å². The Labute approximate surface area is 136 Å². The van der Waals surface area contributed by atoms with Crippen LogP contribution in [0.3, 0.4) is 0 Å². The molecule has 0 radical (unpaired) electrons. The number of ketones is 1. The van der Waals surface area contributed by atoms with Gasteiger partial charge in [-0.3, -0.25) is 4.79 Å². The molecule has 1 aromatic carbocycles. The first-order valence-corrected chi connectivity index (χ1v) is 7.67. The Morgan fingerprint density at radius 3 is 2.50 bits per heavy atom. The van der Waals surface area contributed by atoms with Crippen molar-refractivity contribution in [2.45, 2.75) is 40.0 Å². The van der Waals surface area contributed by atoms with Gasteiger partial charge < -0.3 is 10.2 Å². The molecule has 0 spiro atoms. The van der Waals surface area contributed by atoms with E-state index in [0.717, 1.165) is 12.8 Å². The van der Waals surface area contributed by atoms with Gasteiger partial charge in [0.15, 0.2) is 5.78 Å². The molecular weight excluding hydrogens is 300 g/mol. The van der Waals surface area contributed by atoms with E-state index in [4.69, 9.17) is 16.7 Å². The second-order valence-electron chi connectivity index (χ2n) is 5.62. The summed E-state index contributed by atoms with van der Waals surface area (Å²) in [7, 11) is 0. The third kappa shape index (κ3) is 5.66. The largest absolute Gasteiger partial charge is 0.506 e. The van der Waals surface area contributed by atoms with Gasteiger partial charge in [0, 0.05) is 5.56 Å². The van der Waals surface area contributed by atoms with Crippen LogP contribution in [0.25, 0.3) is 0 Å². The minimum absolute atomic E-state index is 0.00972. The van der Waals surface area contributed by atoms with Crippen LogP contribution in [-0.4, -0.2) is 22.6 Å². The van der Waals surface area contributed by atoms with E-state index in [9.17, 15) is 9.90 Å². The molecule has 120 valence electrons. The average molecular weight is 323 g/mol. The molecule has 0 fully saturated rings. The zero-order valence-corrected chi connectivity index (χ0v) is 14.1. The molecule has 1 aromatic rings. The van der Waals surface area contributed by atoms with Crippen LogP contribution in [0.1, 0.15) is 49.5 Å². The van der Waals surface area contributed by atoms with Crippen LogP contribution in [-0.2, 0) is 6.42 Å². The quantitative estimate of drug-likeness (QED) is 0.575. The Hall–Kier alpha value is -1.58. The molecule has 0 aliphatic heterocycles. The second kappa shape index (κ2) is 8.76. The van der Waals surface area contributed by atoms with Crippen molar-refractivity contribution in [1.82, 2.24) is 0 Å². The Morgan fingerprint density at radius 2 is 1.91 bits per heavy atom. The SMILES string of the molecule is CC(C)=CCC/C(C)=C/Cc1cc(C(=O)CO)cc(Cl)c1O. The molecule has 0 heterocycles. The minimum atomic E-state index is -0.571. The Kier molecular flexibility index (Phi) is 7.36. The highest BCUT2D eigenvalue weighted by molar-refractivity contribution is 6.32. The summed E-state index contributed by atoms with van der Waals surface area (Å²) >= 11 is 5.94. The first-order chi connectivity index (χ1) is 10.3. The van der Waals surface area contributed by atoms with Crippen molar-refractivity contribution in [2.24, 2.45) is 0 Å². The molecule has 0 aliphatic carbocycles. The third-order valence-corrected chi connectivity index (χ3v) is 3.66. The predicted octanol–water partition coefficient (Wildman–Crippen LogP) is 4.46. The second-order valence-corrected chi connectivity index (χ2v) is 6.03. The molecular formula is C18H23ClO3. The van der Waals surface area contributed by atoms with E-state index in [2.05, 4.69) is 19.9 Å². The van der Waals surface area contributed by atoms with Gasteiger partial charge in [-0.15, -0.1) is 0 Å². The van der Waals surface area contributed by atoms with Crippen LogP contribution in [0.2, 0.25) is 5.02 Å². The van der Waals surface area contributed by atoms with Crippen molar-refractivity contribution in [1.29, 1.82) is 0 Å². The van der Waals surface area contributed by atoms with Crippen molar-refractivity contribution in [3.63, 3.8) is 0 Å². The smallest absolute Gasteiger partial charge is 0.188 e. The van der Waals surface area contributed by atoms with Crippen LogP contribution in [0.4, 0.5) is 0 Å². The van der Waals surface area contributed by atoms with Crippen molar-refractivity contribution in [2.75, 3.05) is 6.61 Å². The average Bonchev–Trinajstić information content (AvgIpc) is 2.47. The first kappa shape index (κ1) is 18.5. The highest BCUT2D eigenvalue weighted by Gasteiger charge is 2.12. The van der Waals surface area contributed by atoms with E-state index in [1.807, 2.05) is 13.0 Å². The van der Waals surface area contributed by atoms with E-state index >= 15 is 0 Å². The van der Waals surface area contributed by atoms with Gasteiger partial charge in [0.25, 0.3) is 0 Å². The number of hydrogen-bond acceptors (Lipinski definition) is 3. The van der Waals surface area contributed by atoms with Gasteiger partial charge in [0.1, 0.15) is 12.4 Å². The Bertz CT molecular complexity index is 597. The summed E-state index contributed by atoms with van der Waals surface area (Å²) in [4.78, 5) is 11.6. The maximum atomic E-state index is 11.6. The van der Waals surface area contributed by atoms with Crippen LogP contribution in [0.5, 0.6) is 5.75 Å². The predicted molar refractivity (Wildman–Crippen MR) is 90.7 cm³/mol. The lowest BCUT2D eigenvalue weighted by Gasteiger charge is -2.08. The molecule has 0 atom stereocenters. The van der Waals surface area contributed by atoms with E-state index in [1.165, 1.54) is 17.2 Å². The molecule has 1 rings (SSSR count). The van der Waals surface area contributed by atoms with Gasteiger partial charge >= 0.3 is 0 Å². The van der Waals surface area contributed by atoms with Gasteiger partial charge in [0.2, 0.25) is 0 Å². The monoisotopic (exact) mass is 322 g/mol. The highest BCUT2D eigenvalue weighted by atomic mass is 35.5. The number of allylic oxidation sites excluding steroid dienone is 4. The summed E-state index contributed by atoms with van der Waals surface area (Å²) in [5.74, 6) is -0.420. The van der Waals surface area contributed by atoms with Gasteiger partial charge in [-0.1, -0.05) is 34.9 Å². The van der Waals surface area contributed by atoms with E-state index in [1.54, 1.807) is 6.07 Å². The maximum absolute atomic E-state index is 11.6. The van der Waals surface area contributed by atoms with Gasteiger partial charge in [0.05, 0.1) is 5.02 Å². The summed E-state index contributed by atoms with van der Waals surface area (Å²) in [5.41, 5.74) is 3.42. The summed E-state index contributed by atoms with van der Waals surface area (Å²) in [5, 5.41) is 19.1. The fraction of sp³-hybridized carbons (Fsp3) is 0.389. The number of phenolic OH excluding ortho intramolecular Hbond substituents is 1. The van der Waals surface area contributed by atoms with Crippen molar-refractivity contribution in [3.8, 4) is 5.75 Å². The van der Waals surface area contributed by atoms with E-state index < -0.39 is 12.4 Å². The summed E-state index contributed by atoms with van der Waals surface area (Å²) in [6.07, 6.45) is 6.65. The molecule has 0 amide bonds. The zero-order chi connectivity index (χ0) is 16.7. The molecule has 0 bridgehead atoms. The molecule has 4 heteroatoms. The van der Waals surface area contributed by atoms with Crippen LogP contribution < -0.4 is 0 Å². The Balaban J connectivity index is 2.86. The molecule has 0 saturated carbocycles. The number of carbonyl (C=O) groups is 1. The fourth-order valence-electron chi connectivity index (χ4n) is 2.04. The lowest BCUT2D eigenvalue weighted by Crippen LogP contribution is -2.05. The van der Waals surface area contributed by atoms with E-state index in [-0.39, 0.29) is 10.8 Å². The molecule has 22 heavy (non-hydrogen) atoms. The number of aromatic hydroxyl groups is 1. The number of halogens is 1. The van der Waals surface area contributed by atoms with Crippen molar-refractivity contribution in [3.05, 3.63) is 51.6 Å². The van der Waals surface area contributed by atoms with Crippen LogP contribution >= 0.6 is 11.6 Å². The number of hydrogen-bond donors (Lipinski definition) is 2. The summed E-state index contributed by atoms with van der Waals surface area (Å²) in [6.45, 7) is 5.61. The number of carbonyl (C=O) groups excluding carboxylic acids is 1. The number of aliphatic hydroxyl groups is 1. The lowest BCUT2D eigenvalue weighted by atomic mass is 10.0. The number of benzene rings is 1.